The molecule has 0 aliphatic heterocycles. The molecule has 6 heteroatoms. The quantitative estimate of drug-likeness (QED) is 0.307. The third kappa shape index (κ3) is 10.6. The lowest BCUT2D eigenvalue weighted by Crippen LogP contribution is -2.11. The second-order valence-corrected chi connectivity index (χ2v) is 5.09. The van der Waals surface area contributed by atoms with Crippen molar-refractivity contribution >= 4 is 30.4 Å². The maximum atomic E-state index is 5.49. The van der Waals surface area contributed by atoms with E-state index in [1.54, 1.807) is 0 Å². The van der Waals surface area contributed by atoms with Crippen LogP contribution in [0.5, 0.6) is 0 Å². The first kappa shape index (κ1) is 17.2. The minimum atomic E-state index is 0.589. The molecule has 0 radical (unpaired) electrons. The molecule has 0 N–H and O–H groups in total. The standard InChI is InChI=1S/C13H19IO4S/c14-19-18-11-10-16-7-6-15-8-9-17-12-13-4-2-1-3-5-13/h1-5H,6-12H2. The van der Waals surface area contributed by atoms with E-state index in [1.165, 1.54) is 14.8 Å². The number of rotatable bonds is 12. The summed E-state index contributed by atoms with van der Waals surface area (Å²) >= 11 is 2.08. The van der Waals surface area contributed by atoms with Crippen LogP contribution in [0.15, 0.2) is 30.3 Å². The SMILES string of the molecule is ISOCCOCCOCCOCc1ccccc1. The molecule has 0 fully saturated rings. The van der Waals surface area contributed by atoms with Crippen LogP contribution in [0.4, 0.5) is 0 Å². The zero-order valence-corrected chi connectivity index (χ0v) is 13.7. The normalized spacial score (nSPS) is 10.8. The first-order valence-electron chi connectivity index (χ1n) is 6.11. The Hall–Kier alpha value is 0.140. The predicted molar refractivity (Wildman–Crippen MR) is 85.3 cm³/mol. The van der Waals surface area contributed by atoms with Crippen LogP contribution >= 0.6 is 30.4 Å². The maximum absolute atomic E-state index is 5.49. The minimum Gasteiger partial charge on any atom is -0.377 e. The van der Waals surface area contributed by atoms with Crippen LogP contribution in [0.1, 0.15) is 5.56 Å². The molecule has 0 aliphatic rings. The Morgan fingerprint density at radius 1 is 0.789 bits per heavy atom. The summed E-state index contributed by atoms with van der Waals surface area (Å²) < 4.78 is 21.2. The topological polar surface area (TPSA) is 36.9 Å². The third-order valence-corrected chi connectivity index (χ3v) is 3.23. The van der Waals surface area contributed by atoms with Gasteiger partial charge >= 0.3 is 0 Å². The average molecular weight is 398 g/mol. The Morgan fingerprint density at radius 3 is 2.00 bits per heavy atom. The lowest BCUT2D eigenvalue weighted by Gasteiger charge is -2.06. The van der Waals surface area contributed by atoms with Gasteiger partial charge in [0.2, 0.25) is 0 Å². The van der Waals surface area contributed by atoms with Gasteiger partial charge in [0.15, 0.2) is 0 Å². The Balaban J connectivity index is 1.79. The van der Waals surface area contributed by atoms with Gasteiger partial charge in [-0.15, -0.1) is 0 Å². The molecule has 0 saturated heterocycles. The van der Waals surface area contributed by atoms with Gasteiger partial charge in [0, 0.05) is 21.2 Å². The van der Waals surface area contributed by atoms with E-state index in [4.69, 9.17) is 18.4 Å². The van der Waals surface area contributed by atoms with Crippen LogP contribution in [-0.4, -0.2) is 39.6 Å². The van der Waals surface area contributed by atoms with Crippen LogP contribution in [0.3, 0.4) is 0 Å². The van der Waals surface area contributed by atoms with E-state index >= 15 is 0 Å². The molecule has 0 bridgehead atoms. The molecular formula is C13H19IO4S. The summed E-state index contributed by atoms with van der Waals surface area (Å²) in [5.74, 6) is 0. The van der Waals surface area contributed by atoms with E-state index in [9.17, 15) is 0 Å². The van der Waals surface area contributed by atoms with Crippen LogP contribution in [-0.2, 0) is 25.0 Å². The number of hydrogen-bond acceptors (Lipinski definition) is 5. The average Bonchev–Trinajstić information content (AvgIpc) is 2.46. The summed E-state index contributed by atoms with van der Waals surface area (Å²) in [6.07, 6.45) is 0. The molecule has 0 aromatic heterocycles. The Labute approximate surface area is 130 Å². The molecule has 1 aromatic carbocycles. The molecule has 4 nitrogen and oxygen atoms in total. The summed E-state index contributed by atoms with van der Waals surface area (Å²) in [6.45, 7) is 4.21. The van der Waals surface area contributed by atoms with Crippen LogP contribution in [0.25, 0.3) is 0 Å². The maximum Gasteiger partial charge on any atom is 0.0857 e. The van der Waals surface area contributed by atoms with E-state index in [0.29, 0.717) is 46.2 Å². The highest BCUT2D eigenvalue weighted by molar-refractivity contribution is 14.2. The van der Waals surface area contributed by atoms with Crippen LogP contribution in [0.2, 0.25) is 0 Å². The molecule has 0 spiro atoms. The molecule has 0 atom stereocenters. The summed E-state index contributed by atoms with van der Waals surface area (Å²) in [7, 11) is 1.32. The van der Waals surface area contributed by atoms with Gasteiger partial charge in [-0.1, -0.05) is 30.3 Å². The number of halogens is 1. The smallest absolute Gasteiger partial charge is 0.0857 e. The molecule has 0 aliphatic carbocycles. The Kier molecular flexibility index (Phi) is 11.9. The Bertz CT molecular complexity index is 300. The fraction of sp³-hybridized carbons (Fsp3) is 0.538. The molecule has 1 aromatic rings. The second kappa shape index (κ2) is 13.1. The van der Waals surface area contributed by atoms with Gasteiger partial charge in [-0.2, -0.15) is 0 Å². The van der Waals surface area contributed by atoms with E-state index in [-0.39, 0.29) is 0 Å². The van der Waals surface area contributed by atoms with Gasteiger partial charge < -0.3 is 18.4 Å². The van der Waals surface area contributed by atoms with Gasteiger partial charge in [-0.05, 0) is 5.56 Å². The largest absolute Gasteiger partial charge is 0.377 e. The molecule has 1 rings (SSSR count). The van der Waals surface area contributed by atoms with Crippen molar-refractivity contribution in [3.8, 4) is 0 Å². The zero-order chi connectivity index (χ0) is 13.6. The van der Waals surface area contributed by atoms with E-state index < -0.39 is 0 Å². The molecule has 0 unspecified atom stereocenters. The predicted octanol–water partition coefficient (Wildman–Crippen LogP) is 3.25. The van der Waals surface area contributed by atoms with Gasteiger partial charge in [0.25, 0.3) is 0 Å². The molecule has 108 valence electrons. The van der Waals surface area contributed by atoms with E-state index in [0.717, 1.165) is 0 Å². The summed E-state index contributed by atoms with van der Waals surface area (Å²) in [5.41, 5.74) is 1.18. The van der Waals surface area contributed by atoms with E-state index in [1.807, 2.05) is 30.3 Å². The van der Waals surface area contributed by atoms with Crippen molar-refractivity contribution in [1.29, 1.82) is 0 Å². The van der Waals surface area contributed by atoms with Gasteiger partial charge in [-0.25, -0.2) is 0 Å². The number of benzene rings is 1. The van der Waals surface area contributed by atoms with Crippen molar-refractivity contribution in [1.82, 2.24) is 0 Å². The molecule has 0 saturated carbocycles. The minimum absolute atomic E-state index is 0.589. The van der Waals surface area contributed by atoms with Crippen LogP contribution < -0.4 is 0 Å². The van der Waals surface area contributed by atoms with Gasteiger partial charge in [0.1, 0.15) is 0 Å². The summed E-state index contributed by atoms with van der Waals surface area (Å²) in [6, 6.07) is 10.1. The molecule has 0 amide bonds. The third-order valence-electron chi connectivity index (χ3n) is 2.21. The van der Waals surface area contributed by atoms with Gasteiger partial charge in [0.05, 0.1) is 55.5 Å². The molecular weight excluding hydrogens is 379 g/mol. The molecule has 0 heterocycles. The van der Waals surface area contributed by atoms with Crippen molar-refractivity contribution in [2.75, 3.05) is 39.6 Å². The lowest BCUT2D eigenvalue weighted by molar-refractivity contribution is 0.00698. The number of hydrogen-bond donors (Lipinski definition) is 0. The first-order valence-corrected chi connectivity index (χ1v) is 9.39. The first-order chi connectivity index (χ1) is 9.43. The highest BCUT2D eigenvalue weighted by atomic mass is 127. The molecule has 19 heavy (non-hydrogen) atoms. The van der Waals surface area contributed by atoms with Crippen LogP contribution in [0, 0.1) is 0 Å². The fourth-order valence-electron chi connectivity index (χ4n) is 1.33. The summed E-state index contributed by atoms with van der Waals surface area (Å²) in [4.78, 5) is 0. The number of ether oxygens (including phenoxy) is 3. The highest BCUT2D eigenvalue weighted by Crippen LogP contribution is 2.10. The van der Waals surface area contributed by atoms with Crippen molar-refractivity contribution in [3.05, 3.63) is 35.9 Å². The Morgan fingerprint density at radius 2 is 1.37 bits per heavy atom. The fourth-order valence-corrected chi connectivity index (χ4v) is 2.00. The monoisotopic (exact) mass is 398 g/mol. The second-order valence-electron chi connectivity index (χ2n) is 3.65. The highest BCUT2D eigenvalue weighted by Gasteiger charge is 1.93. The van der Waals surface area contributed by atoms with E-state index in [2.05, 4.69) is 21.2 Å². The summed E-state index contributed by atoms with van der Waals surface area (Å²) in [5, 5.41) is 0. The van der Waals surface area contributed by atoms with Crippen molar-refractivity contribution < 1.29 is 18.4 Å². The van der Waals surface area contributed by atoms with Crippen molar-refractivity contribution in [2.24, 2.45) is 0 Å². The lowest BCUT2D eigenvalue weighted by atomic mass is 10.2. The zero-order valence-electron chi connectivity index (χ0n) is 10.8. The van der Waals surface area contributed by atoms with Crippen molar-refractivity contribution in [2.45, 2.75) is 6.61 Å². The van der Waals surface area contributed by atoms with Crippen molar-refractivity contribution in [3.63, 3.8) is 0 Å². The van der Waals surface area contributed by atoms with Gasteiger partial charge in [-0.3, -0.25) is 0 Å².